The number of sulfonamides is 1. The van der Waals surface area contributed by atoms with Gasteiger partial charge in [0.1, 0.15) is 11.7 Å². The molecule has 14 heteroatoms. The van der Waals surface area contributed by atoms with Crippen molar-refractivity contribution in [1.29, 1.82) is 0 Å². The quantitative estimate of drug-likeness (QED) is 0.509. The fraction of sp³-hybridized carbons (Fsp3) is 0.615. The Kier molecular flexibility index (Phi) is 7.53. The lowest BCUT2D eigenvalue weighted by Gasteiger charge is -2.31. The van der Waals surface area contributed by atoms with Gasteiger partial charge >= 0.3 is 6.18 Å². The highest BCUT2D eigenvalue weighted by atomic mass is 32.2. The summed E-state index contributed by atoms with van der Waals surface area (Å²) < 4.78 is 79.2. The third-order valence-electron chi connectivity index (χ3n) is 8.24. The second kappa shape index (κ2) is 11.0. The molecule has 0 amide bonds. The molecule has 3 atom stereocenters. The van der Waals surface area contributed by atoms with Crippen LogP contribution in [0.15, 0.2) is 35.4 Å². The Balaban J connectivity index is 1.06. The van der Waals surface area contributed by atoms with E-state index >= 15 is 0 Å². The van der Waals surface area contributed by atoms with Crippen LogP contribution in [0.5, 0.6) is 5.88 Å². The van der Waals surface area contributed by atoms with Crippen molar-refractivity contribution < 1.29 is 31.1 Å². The molecule has 2 aromatic rings. The number of ether oxygens (including phenoxy) is 2. The van der Waals surface area contributed by atoms with Gasteiger partial charge < -0.3 is 25.0 Å². The van der Waals surface area contributed by atoms with Crippen LogP contribution in [0.2, 0.25) is 0 Å². The molecule has 0 spiro atoms. The molecule has 0 radical (unpaired) electrons. The number of alkyl halides is 3. The van der Waals surface area contributed by atoms with Crippen molar-refractivity contribution in [3.63, 3.8) is 0 Å². The smallest absolute Gasteiger partial charge is 0.423 e. The van der Waals surface area contributed by atoms with Gasteiger partial charge in [-0.05, 0) is 48.9 Å². The van der Waals surface area contributed by atoms with E-state index in [9.17, 15) is 21.6 Å². The summed E-state index contributed by atoms with van der Waals surface area (Å²) in [6, 6.07) is 6.92. The Labute approximate surface area is 231 Å². The molecule has 4 aliphatic heterocycles. The van der Waals surface area contributed by atoms with Crippen LogP contribution in [-0.2, 0) is 20.9 Å². The summed E-state index contributed by atoms with van der Waals surface area (Å²) in [5.41, 5.74) is -0.00178. The molecule has 0 bridgehead atoms. The highest BCUT2D eigenvalue weighted by molar-refractivity contribution is 7.89. The van der Waals surface area contributed by atoms with Crippen LogP contribution < -0.4 is 20.3 Å². The van der Waals surface area contributed by atoms with Crippen molar-refractivity contribution in [3.8, 4) is 5.88 Å². The predicted molar refractivity (Wildman–Crippen MR) is 141 cm³/mol. The number of hydrogen-bond acceptors (Lipinski definition) is 9. The molecule has 218 valence electrons. The van der Waals surface area contributed by atoms with Crippen molar-refractivity contribution in [3.05, 3.63) is 36.0 Å². The van der Waals surface area contributed by atoms with Crippen LogP contribution in [0, 0.1) is 11.8 Å². The Morgan fingerprint density at radius 3 is 2.38 bits per heavy atom. The molecule has 4 fully saturated rings. The van der Waals surface area contributed by atoms with Crippen LogP contribution >= 0.6 is 0 Å². The SMILES string of the molecule is O=S(=O)(c1ccc(N2CC3CNCC3C2)cc1)N1CCC(Nc2ncc(C(F)(F)F)c(O[C@H]3CCOC3)n2)CC1. The standard InChI is InChI=1S/C26H33F3N6O4S/c27-26(28,29)23-13-31-25(33-24(23)39-21-7-10-38-16-21)32-19-5-8-35(9-6-19)40(36,37)22-3-1-20(2-4-22)34-14-17-11-30-12-18(17)15-34/h1-4,13,17-19,21,30H,5-12,14-16H2,(H,31,32,33)/t17?,18?,21-/m0/s1. The van der Waals surface area contributed by atoms with Gasteiger partial charge in [0.2, 0.25) is 21.9 Å². The number of anilines is 2. The van der Waals surface area contributed by atoms with Gasteiger partial charge in [0.25, 0.3) is 0 Å². The van der Waals surface area contributed by atoms with E-state index in [0.29, 0.717) is 37.7 Å². The lowest BCUT2D eigenvalue weighted by molar-refractivity contribution is -0.139. The highest BCUT2D eigenvalue weighted by Gasteiger charge is 2.38. The maximum Gasteiger partial charge on any atom is 0.423 e. The summed E-state index contributed by atoms with van der Waals surface area (Å²) in [7, 11) is -3.67. The largest absolute Gasteiger partial charge is 0.471 e. The van der Waals surface area contributed by atoms with Crippen LogP contribution in [0.3, 0.4) is 0 Å². The number of rotatable bonds is 7. The van der Waals surface area contributed by atoms with Crippen LogP contribution in [0.4, 0.5) is 24.8 Å². The van der Waals surface area contributed by atoms with Crippen molar-refractivity contribution in [1.82, 2.24) is 19.6 Å². The van der Waals surface area contributed by atoms with E-state index in [1.165, 1.54) is 4.31 Å². The molecule has 1 aromatic heterocycles. The van der Waals surface area contributed by atoms with Crippen molar-refractivity contribution in [2.75, 3.05) is 62.7 Å². The molecular weight excluding hydrogens is 549 g/mol. The zero-order chi connectivity index (χ0) is 27.9. The summed E-state index contributed by atoms with van der Waals surface area (Å²) >= 11 is 0. The zero-order valence-corrected chi connectivity index (χ0v) is 22.8. The molecule has 5 heterocycles. The fourth-order valence-electron chi connectivity index (χ4n) is 5.95. The first-order valence-corrected chi connectivity index (χ1v) is 15.1. The van der Waals surface area contributed by atoms with Gasteiger partial charge in [-0.25, -0.2) is 13.4 Å². The van der Waals surface area contributed by atoms with Crippen molar-refractivity contribution in [2.24, 2.45) is 11.8 Å². The minimum absolute atomic E-state index is 0.0145. The van der Waals surface area contributed by atoms with Gasteiger partial charge in [0.05, 0.1) is 18.1 Å². The Morgan fingerprint density at radius 2 is 1.75 bits per heavy atom. The van der Waals surface area contributed by atoms with E-state index < -0.39 is 33.7 Å². The molecular formula is C26H33F3N6O4S. The number of nitrogens with one attached hydrogen (secondary N) is 2. The molecule has 2 unspecified atom stereocenters. The van der Waals surface area contributed by atoms with Gasteiger partial charge in [0, 0.05) is 63.6 Å². The number of halogens is 3. The summed E-state index contributed by atoms with van der Waals surface area (Å²) in [6.07, 6.45) is -3.04. The number of aromatic nitrogens is 2. The number of fused-ring (bicyclic) bond motifs is 1. The topological polar surface area (TPSA) is 109 Å². The lowest BCUT2D eigenvalue weighted by Crippen LogP contribution is -2.42. The summed E-state index contributed by atoms with van der Waals surface area (Å²) in [5.74, 6) is 0.776. The number of benzene rings is 1. The normalized spacial score (nSPS) is 26.3. The van der Waals surface area contributed by atoms with Crippen LogP contribution in [-0.4, -0.2) is 87.3 Å². The summed E-state index contributed by atoms with van der Waals surface area (Å²) in [4.78, 5) is 10.4. The number of hydrogen-bond donors (Lipinski definition) is 2. The van der Waals surface area contributed by atoms with E-state index in [2.05, 4.69) is 25.5 Å². The Bertz CT molecular complexity index is 1290. The van der Waals surface area contributed by atoms with Crippen molar-refractivity contribution >= 4 is 21.7 Å². The summed E-state index contributed by atoms with van der Waals surface area (Å²) in [6.45, 7) is 5.20. The van der Waals surface area contributed by atoms with E-state index in [4.69, 9.17) is 9.47 Å². The van der Waals surface area contributed by atoms with E-state index in [-0.39, 0.29) is 36.6 Å². The minimum Gasteiger partial charge on any atom is -0.471 e. The van der Waals surface area contributed by atoms with Gasteiger partial charge in [-0.15, -0.1) is 0 Å². The fourth-order valence-corrected chi connectivity index (χ4v) is 7.42. The highest BCUT2D eigenvalue weighted by Crippen LogP contribution is 2.36. The molecule has 0 aliphatic carbocycles. The molecule has 4 saturated heterocycles. The number of piperidine rings is 1. The molecule has 10 nitrogen and oxygen atoms in total. The van der Waals surface area contributed by atoms with Gasteiger partial charge in [-0.1, -0.05) is 0 Å². The van der Waals surface area contributed by atoms with Gasteiger partial charge in [-0.2, -0.15) is 22.5 Å². The van der Waals surface area contributed by atoms with Gasteiger partial charge in [0.15, 0.2) is 0 Å². The Hall–Kier alpha value is -2.68. The van der Waals surface area contributed by atoms with E-state index in [1.54, 1.807) is 12.1 Å². The van der Waals surface area contributed by atoms with Crippen LogP contribution in [0.25, 0.3) is 0 Å². The molecule has 40 heavy (non-hydrogen) atoms. The molecule has 6 rings (SSSR count). The monoisotopic (exact) mass is 582 g/mol. The summed E-state index contributed by atoms with van der Waals surface area (Å²) in [5, 5.41) is 6.49. The minimum atomic E-state index is -4.66. The second-order valence-corrected chi connectivity index (χ2v) is 12.9. The molecule has 0 saturated carbocycles. The first kappa shape index (κ1) is 27.5. The van der Waals surface area contributed by atoms with Gasteiger partial charge in [-0.3, -0.25) is 0 Å². The first-order chi connectivity index (χ1) is 19.2. The van der Waals surface area contributed by atoms with Crippen LogP contribution in [0.1, 0.15) is 24.8 Å². The third kappa shape index (κ3) is 5.71. The maximum absolute atomic E-state index is 13.5. The predicted octanol–water partition coefficient (Wildman–Crippen LogP) is 2.58. The first-order valence-electron chi connectivity index (χ1n) is 13.7. The molecule has 2 N–H and O–H groups in total. The maximum atomic E-state index is 13.5. The second-order valence-electron chi connectivity index (χ2n) is 10.9. The molecule has 1 aromatic carbocycles. The van der Waals surface area contributed by atoms with E-state index in [0.717, 1.165) is 38.1 Å². The third-order valence-corrected chi connectivity index (χ3v) is 10.2. The zero-order valence-electron chi connectivity index (χ0n) is 21.9. The average Bonchev–Trinajstić information content (AvgIpc) is 3.67. The number of nitrogens with zero attached hydrogens (tertiary/aromatic N) is 4. The van der Waals surface area contributed by atoms with Crippen molar-refractivity contribution in [2.45, 2.75) is 42.5 Å². The lowest BCUT2D eigenvalue weighted by atomic mass is 10.0. The average molecular weight is 583 g/mol. The molecule has 4 aliphatic rings. The Morgan fingerprint density at radius 1 is 1.05 bits per heavy atom. The van der Waals surface area contributed by atoms with E-state index in [1.807, 2.05) is 12.1 Å².